The SMILES string of the molecule is O=C(O/C=C\c1ccccc1)C(Cl)(Cl)Cl. The molecule has 0 saturated heterocycles. The zero-order valence-electron chi connectivity index (χ0n) is 7.49. The molecule has 0 fully saturated rings. The molecule has 0 saturated carbocycles. The van der Waals surface area contributed by atoms with E-state index >= 15 is 0 Å². The minimum atomic E-state index is -2.04. The van der Waals surface area contributed by atoms with Crippen LogP contribution in [0.1, 0.15) is 5.56 Å². The van der Waals surface area contributed by atoms with Crippen LogP contribution in [0.3, 0.4) is 0 Å². The molecule has 80 valence electrons. The molecule has 0 atom stereocenters. The second kappa shape index (κ2) is 5.40. The zero-order valence-corrected chi connectivity index (χ0v) is 9.76. The first-order valence-electron chi connectivity index (χ1n) is 3.99. The van der Waals surface area contributed by atoms with Gasteiger partial charge < -0.3 is 4.74 Å². The Morgan fingerprint density at radius 3 is 2.33 bits per heavy atom. The number of alkyl halides is 3. The fraction of sp³-hybridized carbons (Fsp3) is 0.100. The minimum absolute atomic E-state index is 0.884. The molecule has 0 aliphatic carbocycles. The van der Waals surface area contributed by atoms with Gasteiger partial charge >= 0.3 is 5.97 Å². The maximum atomic E-state index is 11.0. The molecule has 0 aromatic heterocycles. The number of benzene rings is 1. The van der Waals surface area contributed by atoms with Gasteiger partial charge in [-0.1, -0.05) is 65.1 Å². The topological polar surface area (TPSA) is 26.3 Å². The lowest BCUT2D eigenvalue weighted by atomic mass is 10.2. The molecule has 1 rings (SSSR count). The molecule has 1 aromatic carbocycles. The van der Waals surface area contributed by atoms with E-state index in [-0.39, 0.29) is 0 Å². The van der Waals surface area contributed by atoms with E-state index in [9.17, 15) is 4.79 Å². The first-order valence-corrected chi connectivity index (χ1v) is 5.13. The van der Waals surface area contributed by atoms with Crippen molar-refractivity contribution in [1.29, 1.82) is 0 Å². The number of halogens is 3. The Balaban J connectivity index is 2.51. The summed E-state index contributed by atoms with van der Waals surface area (Å²) >= 11 is 15.9. The van der Waals surface area contributed by atoms with Crippen LogP contribution in [-0.4, -0.2) is 9.76 Å². The van der Waals surface area contributed by atoms with E-state index in [0.717, 1.165) is 5.56 Å². The normalized spacial score (nSPS) is 11.7. The highest BCUT2D eigenvalue weighted by Crippen LogP contribution is 2.27. The Hall–Kier alpha value is -0.700. The van der Waals surface area contributed by atoms with Crippen LogP contribution < -0.4 is 0 Å². The summed E-state index contributed by atoms with van der Waals surface area (Å²) < 4.78 is 2.55. The largest absolute Gasteiger partial charge is 0.431 e. The van der Waals surface area contributed by atoms with E-state index in [2.05, 4.69) is 4.74 Å². The van der Waals surface area contributed by atoms with Crippen molar-refractivity contribution in [3.8, 4) is 0 Å². The molecule has 2 nitrogen and oxygen atoms in total. The fourth-order valence-corrected chi connectivity index (χ4v) is 0.939. The highest BCUT2D eigenvalue weighted by molar-refractivity contribution is 6.75. The van der Waals surface area contributed by atoms with Gasteiger partial charge in [0.2, 0.25) is 0 Å². The predicted octanol–water partition coefficient (Wildman–Crippen LogP) is 3.57. The van der Waals surface area contributed by atoms with Crippen LogP contribution in [0.25, 0.3) is 6.08 Å². The second-order valence-electron chi connectivity index (χ2n) is 2.62. The molecule has 0 amide bonds. The number of esters is 1. The summed E-state index contributed by atoms with van der Waals surface area (Å²) in [6, 6.07) is 9.29. The van der Waals surface area contributed by atoms with Gasteiger partial charge in [-0.25, -0.2) is 4.79 Å². The summed E-state index contributed by atoms with van der Waals surface area (Å²) in [6.07, 6.45) is 2.77. The lowest BCUT2D eigenvalue weighted by Gasteiger charge is -2.06. The molecule has 0 aliphatic heterocycles. The van der Waals surface area contributed by atoms with E-state index < -0.39 is 9.76 Å². The van der Waals surface area contributed by atoms with Crippen LogP contribution >= 0.6 is 34.8 Å². The second-order valence-corrected chi connectivity index (χ2v) is 4.90. The number of carbonyl (C=O) groups is 1. The van der Waals surface area contributed by atoms with E-state index in [1.165, 1.54) is 6.26 Å². The smallest absolute Gasteiger partial charge is 0.363 e. The lowest BCUT2D eigenvalue weighted by Crippen LogP contribution is -2.19. The van der Waals surface area contributed by atoms with Gasteiger partial charge in [-0.05, 0) is 11.6 Å². The van der Waals surface area contributed by atoms with Crippen molar-refractivity contribution in [1.82, 2.24) is 0 Å². The summed E-state index contributed by atoms with van der Waals surface area (Å²) in [7, 11) is 0. The number of hydrogen-bond acceptors (Lipinski definition) is 2. The maximum Gasteiger partial charge on any atom is 0.363 e. The van der Waals surface area contributed by atoms with Crippen molar-refractivity contribution in [2.75, 3.05) is 0 Å². The Morgan fingerprint density at radius 1 is 1.20 bits per heavy atom. The van der Waals surface area contributed by atoms with Crippen LogP contribution in [0.4, 0.5) is 0 Å². The third kappa shape index (κ3) is 4.56. The number of rotatable bonds is 2. The summed E-state index contributed by atoms with van der Waals surface area (Å²) in [6.45, 7) is 0. The summed E-state index contributed by atoms with van der Waals surface area (Å²) in [5.74, 6) is -0.931. The summed E-state index contributed by atoms with van der Waals surface area (Å²) in [4.78, 5) is 11.0. The fourth-order valence-electron chi connectivity index (χ4n) is 0.805. The van der Waals surface area contributed by atoms with Crippen LogP contribution in [0.2, 0.25) is 0 Å². The number of carbonyl (C=O) groups excluding carboxylic acids is 1. The summed E-state index contributed by atoms with van der Waals surface area (Å²) in [5.41, 5.74) is 0.884. The van der Waals surface area contributed by atoms with Gasteiger partial charge in [0.05, 0.1) is 6.26 Å². The Kier molecular flexibility index (Phi) is 4.45. The van der Waals surface area contributed by atoms with Gasteiger partial charge in [0, 0.05) is 0 Å². The monoisotopic (exact) mass is 264 g/mol. The van der Waals surface area contributed by atoms with Gasteiger partial charge in [0.25, 0.3) is 3.79 Å². The molecule has 0 bridgehead atoms. The molecular weight excluding hydrogens is 258 g/mol. The van der Waals surface area contributed by atoms with Gasteiger partial charge in [0.1, 0.15) is 0 Å². The number of hydrogen-bond donors (Lipinski definition) is 0. The lowest BCUT2D eigenvalue weighted by molar-refractivity contribution is -0.136. The average molecular weight is 266 g/mol. The molecule has 0 radical (unpaired) electrons. The highest BCUT2D eigenvalue weighted by atomic mass is 35.6. The molecule has 0 aliphatic rings. The molecule has 0 unspecified atom stereocenters. The van der Waals surface area contributed by atoms with E-state index in [1.807, 2.05) is 30.3 Å². The van der Waals surface area contributed by atoms with Crippen molar-refractivity contribution in [2.24, 2.45) is 0 Å². The zero-order chi connectivity index (χ0) is 11.3. The van der Waals surface area contributed by atoms with Gasteiger partial charge in [-0.2, -0.15) is 0 Å². The van der Waals surface area contributed by atoms with E-state index in [4.69, 9.17) is 34.8 Å². The van der Waals surface area contributed by atoms with Gasteiger partial charge in [-0.15, -0.1) is 0 Å². The molecule has 0 heterocycles. The summed E-state index contributed by atoms with van der Waals surface area (Å²) in [5, 5.41) is 0. The van der Waals surface area contributed by atoms with E-state index in [0.29, 0.717) is 0 Å². The molecule has 1 aromatic rings. The Labute approximate surface area is 102 Å². The third-order valence-electron chi connectivity index (χ3n) is 1.47. The highest BCUT2D eigenvalue weighted by Gasteiger charge is 2.32. The predicted molar refractivity (Wildman–Crippen MR) is 61.9 cm³/mol. The third-order valence-corrected chi connectivity index (χ3v) is 1.93. The maximum absolute atomic E-state index is 11.0. The Morgan fingerprint density at radius 2 is 1.80 bits per heavy atom. The molecule has 15 heavy (non-hydrogen) atoms. The molecule has 5 heteroatoms. The number of ether oxygens (including phenoxy) is 1. The van der Waals surface area contributed by atoms with Gasteiger partial charge in [-0.3, -0.25) is 0 Å². The van der Waals surface area contributed by atoms with E-state index in [1.54, 1.807) is 6.08 Å². The average Bonchev–Trinajstić information content (AvgIpc) is 2.18. The van der Waals surface area contributed by atoms with Crippen LogP contribution in [0, 0.1) is 0 Å². The first-order chi connectivity index (χ1) is 7.00. The van der Waals surface area contributed by atoms with Crippen molar-refractivity contribution < 1.29 is 9.53 Å². The van der Waals surface area contributed by atoms with Crippen molar-refractivity contribution in [2.45, 2.75) is 3.79 Å². The Bertz CT molecular complexity index is 355. The van der Waals surface area contributed by atoms with Crippen molar-refractivity contribution in [3.63, 3.8) is 0 Å². The van der Waals surface area contributed by atoms with Crippen LogP contribution in [0.5, 0.6) is 0 Å². The van der Waals surface area contributed by atoms with Crippen LogP contribution in [-0.2, 0) is 9.53 Å². The van der Waals surface area contributed by atoms with Crippen molar-refractivity contribution in [3.05, 3.63) is 42.2 Å². The first kappa shape index (κ1) is 12.4. The molecular formula is C10H7Cl3O2. The minimum Gasteiger partial charge on any atom is -0.431 e. The standard InChI is InChI=1S/C10H7Cl3O2/c11-10(12,13)9(14)15-7-6-8-4-2-1-3-5-8/h1-7H/b7-6-. The quantitative estimate of drug-likeness (QED) is 0.464. The molecule has 0 spiro atoms. The van der Waals surface area contributed by atoms with Crippen LogP contribution in [0.15, 0.2) is 36.6 Å². The molecule has 0 N–H and O–H groups in total. The van der Waals surface area contributed by atoms with Crippen molar-refractivity contribution >= 4 is 46.8 Å². The van der Waals surface area contributed by atoms with Gasteiger partial charge in [0.15, 0.2) is 0 Å².